The van der Waals surface area contributed by atoms with Crippen LogP contribution >= 0.6 is 66.4 Å². The van der Waals surface area contributed by atoms with Gasteiger partial charge in [-0.05, 0) is 50.1 Å². The molecule has 6 heteroatoms. The highest BCUT2D eigenvalue weighted by Crippen LogP contribution is 2.40. The van der Waals surface area contributed by atoms with Gasteiger partial charge in [0.15, 0.2) is 4.67 Å². The van der Waals surface area contributed by atoms with Crippen LogP contribution in [0.5, 0.6) is 0 Å². The third-order valence-corrected chi connectivity index (χ3v) is 5.30. The Labute approximate surface area is 118 Å². The summed E-state index contributed by atoms with van der Waals surface area (Å²) >= 11 is 20.2. The van der Waals surface area contributed by atoms with Crippen LogP contribution in [0.25, 0.3) is 0 Å². The molecule has 0 aliphatic rings. The molecular formula is C9H4Br2Cl2OS. The van der Waals surface area contributed by atoms with Crippen molar-refractivity contribution in [1.82, 2.24) is 0 Å². The van der Waals surface area contributed by atoms with Crippen molar-refractivity contribution < 1.29 is 4.42 Å². The second-order valence-corrected chi connectivity index (χ2v) is 6.53. The Balaban J connectivity index is 2.31. The first-order chi connectivity index (χ1) is 7.08. The van der Waals surface area contributed by atoms with Crippen LogP contribution in [0.3, 0.4) is 0 Å². The standard InChI is InChI=1S/C9H4Br2Cl2OS/c10-4-3-6(15-9(4)13)8(12)5-1-2-7(11)14-5/h1-3,8H. The van der Waals surface area contributed by atoms with E-state index in [0.29, 0.717) is 14.8 Å². The van der Waals surface area contributed by atoms with E-state index in [9.17, 15) is 0 Å². The molecule has 1 nitrogen and oxygen atoms in total. The Kier molecular flexibility index (Phi) is 3.83. The molecule has 2 rings (SSSR count). The lowest BCUT2D eigenvalue weighted by molar-refractivity contribution is 0.495. The molecule has 0 fully saturated rings. The summed E-state index contributed by atoms with van der Waals surface area (Å²) in [5.41, 5.74) is 0. The minimum atomic E-state index is -0.301. The summed E-state index contributed by atoms with van der Waals surface area (Å²) in [6, 6.07) is 5.55. The van der Waals surface area contributed by atoms with Gasteiger partial charge in [0.2, 0.25) is 0 Å². The molecule has 0 N–H and O–H groups in total. The largest absolute Gasteiger partial charge is 0.452 e. The van der Waals surface area contributed by atoms with Gasteiger partial charge in [0.25, 0.3) is 0 Å². The Bertz CT molecular complexity index is 461. The second-order valence-electron chi connectivity index (χ2n) is 2.77. The molecule has 80 valence electrons. The summed E-state index contributed by atoms with van der Waals surface area (Å²) in [4.78, 5) is 0.954. The molecule has 0 radical (unpaired) electrons. The molecule has 0 aliphatic carbocycles. The topological polar surface area (TPSA) is 13.1 Å². The van der Waals surface area contributed by atoms with Gasteiger partial charge in [0.05, 0.1) is 0 Å². The monoisotopic (exact) mass is 388 g/mol. The molecule has 1 unspecified atom stereocenters. The fraction of sp³-hybridized carbons (Fsp3) is 0.111. The number of thiophene rings is 1. The molecule has 2 aromatic rings. The summed E-state index contributed by atoms with van der Waals surface area (Å²) in [6.07, 6.45) is 0. The maximum Gasteiger partial charge on any atom is 0.169 e. The number of halogens is 4. The second kappa shape index (κ2) is 4.80. The van der Waals surface area contributed by atoms with Gasteiger partial charge in [-0.3, -0.25) is 0 Å². The van der Waals surface area contributed by atoms with Crippen LogP contribution in [0.2, 0.25) is 4.34 Å². The van der Waals surface area contributed by atoms with Gasteiger partial charge in [-0.15, -0.1) is 22.9 Å². The van der Waals surface area contributed by atoms with Crippen molar-refractivity contribution in [1.29, 1.82) is 0 Å². The summed E-state index contributed by atoms with van der Waals surface area (Å²) in [5, 5.41) is -0.301. The van der Waals surface area contributed by atoms with Crippen molar-refractivity contribution in [2.24, 2.45) is 0 Å². The van der Waals surface area contributed by atoms with E-state index in [2.05, 4.69) is 31.9 Å². The minimum Gasteiger partial charge on any atom is -0.452 e. The lowest BCUT2D eigenvalue weighted by atomic mass is 10.3. The Morgan fingerprint density at radius 3 is 2.53 bits per heavy atom. The average molecular weight is 391 g/mol. The molecule has 0 saturated carbocycles. The van der Waals surface area contributed by atoms with Crippen LogP contribution in [-0.4, -0.2) is 0 Å². The molecule has 2 heterocycles. The zero-order valence-corrected chi connectivity index (χ0v) is 12.6. The Morgan fingerprint density at radius 1 is 1.33 bits per heavy atom. The molecular weight excluding hydrogens is 387 g/mol. The first-order valence-electron chi connectivity index (χ1n) is 3.92. The molecule has 0 amide bonds. The van der Waals surface area contributed by atoms with E-state index in [1.54, 1.807) is 0 Å². The van der Waals surface area contributed by atoms with E-state index < -0.39 is 0 Å². The van der Waals surface area contributed by atoms with Crippen LogP contribution in [0.15, 0.2) is 31.8 Å². The molecule has 1 atom stereocenters. The zero-order chi connectivity index (χ0) is 11.0. The quantitative estimate of drug-likeness (QED) is 0.586. The van der Waals surface area contributed by atoms with E-state index in [1.165, 1.54) is 11.3 Å². The van der Waals surface area contributed by atoms with Crippen LogP contribution in [0.4, 0.5) is 0 Å². The number of rotatable bonds is 2. The van der Waals surface area contributed by atoms with E-state index in [4.69, 9.17) is 27.6 Å². The average Bonchev–Trinajstić information content (AvgIpc) is 2.74. The van der Waals surface area contributed by atoms with E-state index in [1.807, 2.05) is 18.2 Å². The highest BCUT2D eigenvalue weighted by molar-refractivity contribution is 9.10. The maximum atomic E-state index is 6.25. The number of hydrogen-bond acceptors (Lipinski definition) is 2. The number of furan rings is 1. The van der Waals surface area contributed by atoms with Crippen LogP contribution in [0.1, 0.15) is 16.0 Å². The van der Waals surface area contributed by atoms with Crippen LogP contribution < -0.4 is 0 Å². The Morgan fingerprint density at radius 2 is 2.07 bits per heavy atom. The highest BCUT2D eigenvalue weighted by atomic mass is 79.9. The molecule has 0 saturated heterocycles. The number of hydrogen-bond donors (Lipinski definition) is 0. The molecule has 15 heavy (non-hydrogen) atoms. The Hall–Kier alpha value is 0.520. The van der Waals surface area contributed by atoms with E-state index in [0.717, 1.165) is 9.35 Å². The van der Waals surface area contributed by atoms with Gasteiger partial charge in [-0.25, -0.2) is 0 Å². The lowest BCUT2D eigenvalue weighted by Gasteiger charge is -2.01. The molecule has 0 aliphatic heterocycles. The van der Waals surface area contributed by atoms with Crippen molar-refractivity contribution in [3.63, 3.8) is 0 Å². The summed E-state index contributed by atoms with van der Waals surface area (Å²) < 4.78 is 7.61. The van der Waals surface area contributed by atoms with Crippen molar-refractivity contribution in [2.45, 2.75) is 5.38 Å². The summed E-state index contributed by atoms with van der Waals surface area (Å²) in [6.45, 7) is 0. The van der Waals surface area contributed by atoms with Gasteiger partial charge < -0.3 is 4.42 Å². The fourth-order valence-electron chi connectivity index (χ4n) is 1.09. The van der Waals surface area contributed by atoms with Gasteiger partial charge in [-0.1, -0.05) is 11.6 Å². The van der Waals surface area contributed by atoms with E-state index in [-0.39, 0.29) is 5.38 Å². The third-order valence-electron chi connectivity index (χ3n) is 1.76. The molecule has 2 aromatic heterocycles. The van der Waals surface area contributed by atoms with Gasteiger partial charge in [0, 0.05) is 9.35 Å². The molecule has 0 spiro atoms. The van der Waals surface area contributed by atoms with Crippen molar-refractivity contribution in [2.75, 3.05) is 0 Å². The number of alkyl halides is 1. The molecule has 0 aromatic carbocycles. The lowest BCUT2D eigenvalue weighted by Crippen LogP contribution is -1.85. The predicted molar refractivity (Wildman–Crippen MR) is 71.1 cm³/mol. The normalized spacial score (nSPS) is 13.1. The predicted octanol–water partition coefficient (Wildman–Crippen LogP) is 5.85. The van der Waals surface area contributed by atoms with Crippen molar-refractivity contribution >= 4 is 66.4 Å². The van der Waals surface area contributed by atoms with Crippen molar-refractivity contribution in [3.05, 3.63) is 42.3 Å². The molecule has 0 bridgehead atoms. The SMILES string of the molecule is Clc1sc(C(Cl)c2ccc(Br)o2)cc1Br. The van der Waals surface area contributed by atoms with Gasteiger partial charge in [-0.2, -0.15) is 0 Å². The fourth-order valence-corrected chi connectivity index (χ4v) is 3.45. The van der Waals surface area contributed by atoms with Gasteiger partial charge >= 0.3 is 0 Å². The first-order valence-corrected chi connectivity index (χ1v) is 7.13. The maximum absolute atomic E-state index is 6.25. The highest BCUT2D eigenvalue weighted by Gasteiger charge is 2.18. The zero-order valence-electron chi connectivity index (χ0n) is 7.14. The van der Waals surface area contributed by atoms with Gasteiger partial charge in [0.1, 0.15) is 15.5 Å². The van der Waals surface area contributed by atoms with Crippen molar-refractivity contribution in [3.8, 4) is 0 Å². The first kappa shape index (κ1) is 12.0. The smallest absolute Gasteiger partial charge is 0.169 e. The summed E-state index contributed by atoms with van der Waals surface area (Å²) in [5.74, 6) is 0.703. The summed E-state index contributed by atoms with van der Waals surface area (Å²) in [7, 11) is 0. The third kappa shape index (κ3) is 2.61. The minimum absolute atomic E-state index is 0.301. The van der Waals surface area contributed by atoms with Crippen LogP contribution in [0, 0.1) is 0 Å². The van der Waals surface area contributed by atoms with E-state index >= 15 is 0 Å². The van der Waals surface area contributed by atoms with Crippen LogP contribution in [-0.2, 0) is 0 Å².